The number of carbonyl (C=O) groups excluding carboxylic acids is 2. The Morgan fingerprint density at radius 1 is 0.733 bits per heavy atom. The summed E-state index contributed by atoms with van der Waals surface area (Å²) in [7, 11) is 2.97. The lowest BCUT2D eigenvalue weighted by molar-refractivity contribution is -0.147. The molecule has 2 rings (SSSR count). The van der Waals surface area contributed by atoms with Crippen molar-refractivity contribution in [1.82, 2.24) is 0 Å². The predicted molar refractivity (Wildman–Crippen MR) is 134 cm³/mol. The molecule has 5 heteroatoms. The van der Waals surface area contributed by atoms with Gasteiger partial charge in [-0.1, -0.05) is 48.6 Å². The highest BCUT2D eigenvalue weighted by Gasteiger charge is 2.28. The molecule has 0 aromatic heterocycles. The molecule has 0 aliphatic heterocycles. The number of allylic oxidation sites excluding steroid dienone is 1. The Morgan fingerprint density at radius 2 is 1.03 bits per heavy atom. The third-order valence-corrected chi connectivity index (χ3v) is 6.57. The lowest BCUT2D eigenvalue weighted by atomic mass is 9.78. The fourth-order valence-corrected chi connectivity index (χ4v) is 4.65. The minimum Gasteiger partial charge on any atom is -0.469 e. The van der Waals surface area contributed by atoms with Crippen LogP contribution < -0.4 is 0 Å². The fourth-order valence-electron chi connectivity index (χ4n) is 4.65. The van der Waals surface area contributed by atoms with Gasteiger partial charge in [-0.15, -0.1) is 0 Å². The van der Waals surface area contributed by atoms with E-state index in [1.165, 1.54) is 32.6 Å². The molecule has 176 valence electrons. The van der Waals surface area contributed by atoms with E-state index < -0.39 is 0 Å². The SMILES string of the molecule is C=C(CCC1CCC(C(=O)OC)CC1)CCC1CCC(C(=O)OC)CC1.CC.CI. The monoisotopic (exact) mass is 536 g/mol. The summed E-state index contributed by atoms with van der Waals surface area (Å²) < 4.78 is 9.72. The van der Waals surface area contributed by atoms with Crippen LogP contribution in [0.2, 0.25) is 0 Å². The van der Waals surface area contributed by atoms with Crippen LogP contribution in [0.4, 0.5) is 0 Å². The molecule has 0 spiro atoms. The highest BCUT2D eigenvalue weighted by molar-refractivity contribution is 14.1. The second-order valence-corrected chi connectivity index (χ2v) is 8.31. The molecule has 0 amide bonds. The number of hydrogen-bond donors (Lipinski definition) is 0. The number of alkyl halides is 1. The first kappa shape index (κ1) is 29.4. The van der Waals surface area contributed by atoms with E-state index in [-0.39, 0.29) is 23.8 Å². The Hall–Kier alpha value is -0.590. The lowest BCUT2D eigenvalue weighted by Gasteiger charge is -2.28. The minimum absolute atomic E-state index is 0.0326. The number of ether oxygens (including phenoxy) is 2. The molecule has 0 saturated heterocycles. The molecule has 0 unspecified atom stereocenters. The summed E-state index contributed by atoms with van der Waals surface area (Å²) >= 11 is 2.15. The molecule has 0 radical (unpaired) electrons. The average molecular weight is 537 g/mol. The van der Waals surface area contributed by atoms with Crippen LogP contribution in [0.25, 0.3) is 0 Å². The van der Waals surface area contributed by atoms with Gasteiger partial charge < -0.3 is 9.47 Å². The summed E-state index contributed by atoms with van der Waals surface area (Å²) in [5, 5.41) is 0. The van der Waals surface area contributed by atoms with Gasteiger partial charge >= 0.3 is 11.9 Å². The zero-order valence-corrected chi connectivity index (χ0v) is 22.2. The quantitative estimate of drug-likeness (QED) is 0.143. The van der Waals surface area contributed by atoms with Gasteiger partial charge in [-0.3, -0.25) is 9.59 Å². The van der Waals surface area contributed by atoms with Crippen molar-refractivity contribution in [3.05, 3.63) is 12.2 Å². The smallest absolute Gasteiger partial charge is 0.308 e. The van der Waals surface area contributed by atoms with Gasteiger partial charge in [-0.2, -0.15) is 0 Å². The number of methoxy groups -OCH3 is 2. The van der Waals surface area contributed by atoms with E-state index >= 15 is 0 Å². The summed E-state index contributed by atoms with van der Waals surface area (Å²) in [6, 6.07) is 0. The van der Waals surface area contributed by atoms with E-state index in [1.807, 2.05) is 18.8 Å². The first-order valence-corrected chi connectivity index (χ1v) is 13.9. The molecule has 0 aromatic carbocycles. The van der Waals surface area contributed by atoms with Crippen molar-refractivity contribution < 1.29 is 19.1 Å². The molecule has 2 saturated carbocycles. The largest absolute Gasteiger partial charge is 0.469 e. The van der Waals surface area contributed by atoms with Gasteiger partial charge in [0.2, 0.25) is 0 Å². The van der Waals surface area contributed by atoms with Crippen LogP contribution in [-0.4, -0.2) is 31.1 Å². The Kier molecular flexibility index (Phi) is 17.7. The van der Waals surface area contributed by atoms with Crippen LogP contribution in [0.1, 0.15) is 90.9 Å². The number of halogens is 1. The van der Waals surface area contributed by atoms with E-state index in [9.17, 15) is 9.59 Å². The molecule has 30 heavy (non-hydrogen) atoms. The average Bonchev–Trinajstić information content (AvgIpc) is 2.83. The predicted octanol–water partition coefficient (Wildman–Crippen LogP) is 7.14. The Labute approximate surface area is 199 Å². The molecule has 2 aliphatic rings. The molecular weight excluding hydrogens is 491 g/mol. The molecule has 0 bridgehead atoms. The van der Waals surface area contributed by atoms with Crippen molar-refractivity contribution >= 4 is 34.5 Å². The topological polar surface area (TPSA) is 52.6 Å². The zero-order valence-electron chi connectivity index (χ0n) is 20.0. The standard InChI is InChI=1S/C22H36O4.C2H6.CH3I/c1-16(4-6-17-8-12-19(13-9-17)21(23)25-2)5-7-18-10-14-20(15-11-18)22(24)26-3;2*1-2/h17-20H,1,4-15H2,2-3H3;1-2H3;1H3. The molecule has 0 N–H and O–H groups in total. The molecule has 2 fully saturated rings. The van der Waals surface area contributed by atoms with E-state index in [2.05, 4.69) is 29.2 Å². The van der Waals surface area contributed by atoms with Crippen molar-refractivity contribution in [2.75, 3.05) is 19.2 Å². The van der Waals surface area contributed by atoms with Crippen LogP contribution in [0.5, 0.6) is 0 Å². The molecule has 0 aromatic rings. The number of esters is 2. The second-order valence-electron chi connectivity index (χ2n) is 8.31. The van der Waals surface area contributed by atoms with Gasteiger partial charge in [0, 0.05) is 0 Å². The Balaban J connectivity index is 0.00000198. The summed E-state index contributed by atoms with van der Waals surface area (Å²) in [5.74, 6) is 1.66. The van der Waals surface area contributed by atoms with Crippen molar-refractivity contribution in [1.29, 1.82) is 0 Å². The maximum Gasteiger partial charge on any atom is 0.308 e. The third kappa shape index (κ3) is 11.1. The fraction of sp³-hybridized carbons (Fsp3) is 0.840. The first-order chi connectivity index (χ1) is 14.5. The molecule has 4 nitrogen and oxygen atoms in total. The lowest BCUT2D eigenvalue weighted by Crippen LogP contribution is -2.23. The number of rotatable bonds is 8. The van der Waals surface area contributed by atoms with Crippen molar-refractivity contribution in [3.8, 4) is 0 Å². The number of carbonyl (C=O) groups is 2. The van der Waals surface area contributed by atoms with Crippen LogP contribution >= 0.6 is 22.6 Å². The Morgan fingerprint density at radius 3 is 1.30 bits per heavy atom. The van der Waals surface area contributed by atoms with Crippen molar-refractivity contribution in [3.63, 3.8) is 0 Å². The third-order valence-electron chi connectivity index (χ3n) is 6.57. The zero-order chi connectivity index (χ0) is 22.9. The van der Waals surface area contributed by atoms with Crippen LogP contribution in [0, 0.1) is 23.7 Å². The Bertz CT molecular complexity index is 434. The highest BCUT2D eigenvalue weighted by atomic mass is 127. The summed E-state index contributed by atoms with van der Waals surface area (Å²) in [4.78, 5) is 25.1. The maximum atomic E-state index is 11.6. The first-order valence-electron chi connectivity index (χ1n) is 11.7. The highest BCUT2D eigenvalue weighted by Crippen LogP contribution is 2.35. The minimum atomic E-state index is -0.0326. The maximum absolute atomic E-state index is 11.6. The second kappa shape index (κ2) is 18.0. The summed E-state index contributed by atoms with van der Waals surface area (Å²) in [5.41, 5.74) is 1.37. The van der Waals surface area contributed by atoms with E-state index in [4.69, 9.17) is 9.47 Å². The van der Waals surface area contributed by atoms with E-state index in [0.29, 0.717) is 0 Å². The molecular formula is C25H45IO4. The molecule has 0 atom stereocenters. The van der Waals surface area contributed by atoms with E-state index in [1.54, 1.807) is 0 Å². The van der Waals surface area contributed by atoms with Gasteiger partial charge in [0.05, 0.1) is 26.1 Å². The van der Waals surface area contributed by atoms with Gasteiger partial charge in [0.15, 0.2) is 0 Å². The number of hydrogen-bond acceptors (Lipinski definition) is 4. The van der Waals surface area contributed by atoms with Gasteiger partial charge in [-0.05, 0) is 93.8 Å². The van der Waals surface area contributed by atoms with Crippen LogP contribution in [-0.2, 0) is 19.1 Å². The van der Waals surface area contributed by atoms with Crippen LogP contribution in [0.3, 0.4) is 0 Å². The van der Waals surface area contributed by atoms with Crippen LogP contribution in [0.15, 0.2) is 12.2 Å². The van der Waals surface area contributed by atoms with Gasteiger partial charge in [-0.25, -0.2) is 0 Å². The summed E-state index contributed by atoms with van der Waals surface area (Å²) in [6.07, 6.45) is 13.1. The summed E-state index contributed by atoms with van der Waals surface area (Å²) in [6.45, 7) is 8.29. The normalized spacial score (nSPS) is 25.5. The molecule has 0 heterocycles. The van der Waals surface area contributed by atoms with Crippen molar-refractivity contribution in [2.24, 2.45) is 23.7 Å². The van der Waals surface area contributed by atoms with Gasteiger partial charge in [0.25, 0.3) is 0 Å². The van der Waals surface area contributed by atoms with Crippen molar-refractivity contribution in [2.45, 2.75) is 90.9 Å². The van der Waals surface area contributed by atoms with Gasteiger partial charge in [0.1, 0.15) is 0 Å². The van der Waals surface area contributed by atoms with E-state index in [0.717, 1.165) is 76.0 Å². The molecule has 2 aliphatic carbocycles.